The number of rotatable bonds is 1. The van der Waals surface area contributed by atoms with Gasteiger partial charge in [-0.2, -0.15) is 0 Å². The third-order valence-electron chi connectivity index (χ3n) is 1.47. The van der Waals surface area contributed by atoms with Gasteiger partial charge in [0.1, 0.15) is 6.26 Å². The molecule has 1 radical (unpaired) electrons. The van der Waals surface area contributed by atoms with Crippen LogP contribution in [0.5, 0.6) is 0 Å². The van der Waals surface area contributed by atoms with Crippen LogP contribution in [0.15, 0.2) is 36.6 Å². The molecule has 1 aliphatic heterocycles. The van der Waals surface area contributed by atoms with Crippen molar-refractivity contribution in [1.29, 1.82) is 0 Å². The summed E-state index contributed by atoms with van der Waals surface area (Å²) in [7, 11) is 0. The van der Waals surface area contributed by atoms with E-state index < -0.39 is 0 Å². The van der Waals surface area contributed by atoms with Crippen molar-refractivity contribution in [3.63, 3.8) is 0 Å². The van der Waals surface area contributed by atoms with E-state index in [2.05, 4.69) is 15.9 Å². The second-order valence-electron chi connectivity index (χ2n) is 2.21. The molecule has 0 fully saturated rings. The van der Waals surface area contributed by atoms with Gasteiger partial charge in [0.2, 0.25) is 0 Å². The van der Waals surface area contributed by atoms with Crippen LogP contribution in [0.4, 0.5) is 0 Å². The second kappa shape index (κ2) is 2.64. The monoisotopic (exact) mass is 147 g/mol. The quantitative estimate of drug-likeness (QED) is 0.644. The van der Waals surface area contributed by atoms with Crippen molar-refractivity contribution < 1.29 is 4.84 Å². The SMILES string of the molecule is C1=C(c2ccccc2)N[N]O1. The lowest BCUT2D eigenvalue weighted by Crippen LogP contribution is -2.13. The Hall–Kier alpha value is -1.48. The van der Waals surface area contributed by atoms with Crippen molar-refractivity contribution in [3.05, 3.63) is 42.2 Å². The van der Waals surface area contributed by atoms with Crippen molar-refractivity contribution in [2.24, 2.45) is 0 Å². The number of nitrogens with zero attached hydrogens (tertiary/aromatic N) is 1. The molecular weight excluding hydrogens is 140 g/mol. The van der Waals surface area contributed by atoms with Gasteiger partial charge in [-0.05, 0) is 0 Å². The van der Waals surface area contributed by atoms with Gasteiger partial charge >= 0.3 is 0 Å². The fourth-order valence-corrected chi connectivity index (χ4v) is 0.931. The summed E-state index contributed by atoms with van der Waals surface area (Å²) in [5.74, 6) is 0. The molecule has 0 aliphatic carbocycles. The highest BCUT2D eigenvalue weighted by atomic mass is 16.7. The van der Waals surface area contributed by atoms with Crippen LogP contribution in [-0.2, 0) is 4.84 Å². The second-order valence-corrected chi connectivity index (χ2v) is 2.21. The normalized spacial score (nSPS) is 15.1. The topological polar surface area (TPSA) is 35.4 Å². The molecule has 1 N–H and O–H groups in total. The minimum atomic E-state index is 0.894. The summed E-state index contributed by atoms with van der Waals surface area (Å²) in [5.41, 5.74) is 8.21. The highest BCUT2D eigenvalue weighted by Gasteiger charge is 2.06. The number of hydrogen-bond donors (Lipinski definition) is 1. The predicted octanol–water partition coefficient (Wildman–Crippen LogP) is 1.04. The Balaban J connectivity index is 2.29. The standard InChI is InChI=1S/C8H7N2O/c1-2-4-7(5-3-1)8-6-11-10-9-8/h1-6,9H. The lowest BCUT2D eigenvalue weighted by atomic mass is 10.2. The molecule has 0 saturated carbocycles. The smallest absolute Gasteiger partial charge is 0.141 e. The third-order valence-corrected chi connectivity index (χ3v) is 1.47. The Morgan fingerprint density at radius 2 is 2.00 bits per heavy atom. The van der Waals surface area contributed by atoms with Crippen LogP contribution in [0.25, 0.3) is 5.70 Å². The molecule has 0 unspecified atom stereocenters. The van der Waals surface area contributed by atoms with Gasteiger partial charge in [0.25, 0.3) is 0 Å². The van der Waals surface area contributed by atoms with Gasteiger partial charge < -0.3 is 4.84 Å². The molecule has 0 aromatic heterocycles. The summed E-state index contributed by atoms with van der Waals surface area (Å²) in [6, 6.07) is 9.88. The Kier molecular flexibility index (Phi) is 1.50. The zero-order valence-corrected chi connectivity index (χ0v) is 5.82. The first kappa shape index (κ1) is 6.24. The Morgan fingerprint density at radius 3 is 2.64 bits per heavy atom. The van der Waals surface area contributed by atoms with Gasteiger partial charge in [-0.1, -0.05) is 30.3 Å². The fourth-order valence-electron chi connectivity index (χ4n) is 0.931. The Labute approximate surface area is 64.6 Å². The first-order valence-electron chi connectivity index (χ1n) is 3.34. The van der Waals surface area contributed by atoms with Crippen molar-refractivity contribution in [2.75, 3.05) is 0 Å². The maximum Gasteiger partial charge on any atom is 0.141 e. The van der Waals surface area contributed by atoms with Gasteiger partial charge in [-0.15, -0.1) is 0 Å². The molecular formula is C8H7N2O. The van der Waals surface area contributed by atoms with E-state index in [9.17, 15) is 0 Å². The molecule has 1 aromatic rings. The molecule has 0 amide bonds. The van der Waals surface area contributed by atoms with Crippen molar-refractivity contribution in [2.45, 2.75) is 0 Å². The highest BCUT2D eigenvalue weighted by molar-refractivity contribution is 5.62. The number of hydrogen-bond acceptors (Lipinski definition) is 2. The summed E-state index contributed by atoms with van der Waals surface area (Å²) in [4.78, 5) is 4.66. The van der Waals surface area contributed by atoms with Gasteiger partial charge in [0.05, 0.1) is 11.3 Å². The highest BCUT2D eigenvalue weighted by Crippen LogP contribution is 2.12. The lowest BCUT2D eigenvalue weighted by molar-refractivity contribution is 0.127. The predicted molar refractivity (Wildman–Crippen MR) is 40.8 cm³/mol. The molecule has 11 heavy (non-hydrogen) atoms. The van der Waals surface area contributed by atoms with E-state index in [1.165, 1.54) is 0 Å². The maximum atomic E-state index is 4.66. The zero-order chi connectivity index (χ0) is 7.52. The van der Waals surface area contributed by atoms with Crippen LogP contribution in [-0.4, -0.2) is 0 Å². The van der Waals surface area contributed by atoms with E-state index in [-0.39, 0.29) is 0 Å². The molecule has 3 heteroatoms. The molecule has 0 bridgehead atoms. The Morgan fingerprint density at radius 1 is 1.18 bits per heavy atom. The molecule has 55 valence electrons. The molecule has 1 heterocycles. The molecule has 1 aromatic carbocycles. The first-order valence-corrected chi connectivity index (χ1v) is 3.34. The molecule has 2 rings (SSSR count). The summed E-state index contributed by atoms with van der Waals surface area (Å²) in [6.07, 6.45) is 1.58. The summed E-state index contributed by atoms with van der Waals surface area (Å²) in [6.45, 7) is 0. The first-order chi connectivity index (χ1) is 5.47. The summed E-state index contributed by atoms with van der Waals surface area (Å²) in [5, 5.41) is 0. The average molecular weight is 147 g/mol. The molecule has 1 aliphatic rings. The van der Waals surface area contributed by atoms with E-state index in [1.54, 1.807) is 6.26 Å². The molecule has 0 saturated heterocycles. The maximum absolute atomic E-state index is 4.66. The largest absolute Gasteiger partial charge is 0.373 e. The molecule has 0 spiro atoms. The van der Waals surface area contributed by atoms with Crippen LogP contribution in [0.1, 0.15) is 5.56 Å². The van der Waals surface area contributed by atoms with E-state index in [0.717, 1.165) is 11.3 Å². The summed E-state index contributed by atoms with van der Waals surface area (Å²) >= 11 is 0. The molecule has 0 atom stereocenters. The third kappa shape index (κ3) is 1.18. The zero-order valence-electron chi connectivity index (χ0n) is 5.82. The average Bonchev–Trinajstić information content (AvgIpc) is 2.58. The van der Waals surface area contributed by atoms with Gasteiger partial charge in [-0.3, -0.25) is 5.43 Å². The van der Waals surface area contributed by atoms with E-state index in [1.807, 2.05) is 30.3 Å². The lowest BCUT2D eigenvalue weighted by Gasteiger charge is -1.97. The van der Waals surface area contributed by atoms with Crippen LogP contribution < -0.4 is 11.0 Å². The number of benzene rings is 1. The van der Waals surface area contributed by atoms with Crippen molar-refractivity contribution >= 4 is 5.70 Å². The van der Waals surface area contributed by atoms with Gasteiger partial charge in [0, 0.05) is 5.56 Å². The minimum Gasteiger partial charge on any atom is -0.373 e. The van der Waals surface area contributed by atoms with Crippen LogP contribution >= 0.6 is 0 Å². The van der Waals surface area contributed by atoms with E-state index in [0.29, 0.717) is 0 Å². The fraction of sp³-hybridized carbons (Fsp3) is 0. The Bertz CT molecular complexity index is 269. The van der Waals surface area contributed by atoms with Crippen LogP contribution in [0, 0.1) is 0 Å². The van der Waals surface area contributed by atoms with Gasteiger partial charge in [-0.25, -0.2) is 0 Å². The van der Waals surface area contributed by atoms with Gasteiger partial charge in [0.15, 0.2) is 0 Å². The minimum absolute atomic E-state index is 0.894. The number of nitrogens with one attached hydrogen (secondary N) is 1. The van der Waals surface area contributed by atoms with E-state index >= 15 is 0 Å². The van der Waals surface area contributed by atoms with Crippen LogP contribution in [0.3, 0.4) is 0 Å². The van der Waals surface area contributed by atoms with Crippen molar-refractivity contribution in [3.8, 4) is 0 Å². The van der Waals surface area contributed by atoms with Crippen molar-refractivity contribution in [1.82, 2.24) is 11.0 Å². The van der Waals surface area contributed by atoms with Crippen LogP contribution in [0.2, 0.25) is 0 Å². The van der Waals surface area contributed by atoms with E-state index in [4.69, 9.17) is 0 Å². The molecule has 3 nitrogen and oxygen atoms in total. The summed E-state index contributed by atoms with van der Waals surface area (Å²) < 4.78 is 0.